The van der Waals surface area contributed by atoms with Gasteiger partial charge in [0.05, 0.1) is 0 Å². The summed E-state index contributed by atoms with van der Waals surface area (Å²) in [5.41, 5.74) is 0. The van der Waals surface area contributed by atoms with E-state index in [2.05, 4.69) is 35.8 Å². The van der Waals surface area contributed by atoms with Crippen LogP contribution in [0.2, 0.25) is 0 Å². The highest BCUT2D eigenvalue weighted by atomic mass is 32.2. The fourth-order valence-corrected chi connectivity index (χ4v) is 2.83. The molecule has 0 aliphatic carbocycles. The summed E-state index contributed by atoms with van der Waals surface area (Å²) < 4.78 is 0. The van der Waals surface area contributed by atoms with E-state index in [1.54, 1.807) is 0 Å². The average molecular weight is 216 g/mol. The van der Waals surface area contributed by atoms with Crippen molar-refractivity contribution in [1.82, 2.24) is 10.2 Å². The highest BCUT2D eigenvalue weighted by Crippen LogP contribution is 2.14. The summed E-state index contributed by atoms with van der Waals surface area (Å²) in [5, 5.41) is 3.38. The molecule has 84 valence electrons. The molecule has 0 aromatic carbocycles. The van der Waals surface area contributed by atoms with Crippen LogP contribution in [0.1, 0.15) is 26.7 Å². The summed E-state index contributed by atoms with van der Waals surface area (Å²) in [4.78, 5) is 2.64. The lowest BCUT2D eigenvalue weighted by Crippen LogP contribution is -2.39. The molecule has 14 heavy (non-hydrogen) atoms. The molecular weight excluding hydrogens is 192 g/mol. The first-order valence-electron chi connectivity index (χ1n) is 5.87. The van der Waals surface area contributed by atoms with Gasteiger partial charge < -0.3 is 5.32 Å². The summed E-state index contributed by atoms with van der Waals surface area (Å²) >= 11 is 2.09. The molecule has 1 aliphatic heterocycles. The topological polar surface area (TPSA) is 15.3 Å². The molecule has 0 radical (unpaired) electrons. The van der Waals surface area contributed by atoms with Crippen LogP contribution in [-0.2, 0) is 0 Å². The fraction of sp³-hybridized carbons (Fsp3) is 1.00. The molecule has 1 rings (SSSR count). The predicted octanol–water partition coefficient (Wildman–Crippen LogP) is 1.81. The van der Waals surface area contributed by atoms with Gasteiger partial charge in [0.1, 0.15) is 0 Å². The second-order valence-corrected chi connectivity index (χ2v) is 5.22. The molecule has 1 unspecified atom stereocenters. The second kappa shape index (κ2) is 7.55. The number of rotatable bonds is 6. The summed E-state index contributed by atoms with van der Waals surface area (Å²) in [6.45, 7) is 9.44. The first kappa shape index (κ1) is 12.3. The first-order chi connectivity index (χ1) is 6.84. The van der Waals surface area contributed by atoms with Crippen LogP contribution in [-0.4, -0.2) is 48.6 Å². The second-order valence-electron chi connectivity index (χ2n) is 3.99. The van der Waals surface area contributed by atoms with E-state index in [4.69, 9.17) is 0 Å². The molecule has 0 bridgehead atoms. The number of hydrogen-bond donors (Lipinski definition) is 1. The van der Waals surface area contributed by atoms with Gasteiger partial charge in [-0.3, -0.25) is 4.90 Å². The zero-order chi connectivity index (χ0) is 10.2. The Hall–Kier alpha value is 0.270. The number of hydrogen-bond acceptors (Lipinski definition) is 3. The van der Waals surface area contributed by atoms with Crippen molar-refractivity contribution in [2.24, 2.45) is 0 Å². The van der Waals surface area contributed by atoms with Crippen LogP contribution >= 0.6 is 11.8 Å². The highest BCUT2D eigenvalue weighted by molar-refractivity contribution is 7.99. The van der Waals surface area contributed by atoms with E-state index in [-0.39, 0.29) is 0 Å². The van der Waals surface area contributed by atoms with E-state index in [1.807, 2.05) is 0 Å². The highest BCUT2D eigenvalue weighted by Gasteiger charge is 2.15. The molecule has 0 spiro atoms. The fourth-order valence-electron chi connectivity index (χ4n) is 1.90. The van der Waals surface area contributed by atoms with Crippen molar-refractivity contribution >= 4 is 11.8 Å². The Morgan fingerprint density at radius 3 is 2.71 bits per heavy atom. The Balaban J connectivity index is 2.04. The van der Waals surface area contributed by atoms with Gasteiger partial charge in [0.15, 0.2) is 0 Å². The Bertz CT molecular complexity index is 135. The summed E-state index contributed by atoms with van der Waals surface area (Å²) in [6.07, 6.45) is 2.66. The quantitative estimate of drug-likeness (QED) is 0.682. The van der Waals surface area contributed by atoms with Gasteiger partial charge in [0, 0.05) is 30.6 Å². The van der Waals surface area contributed by atoms with E-state index in [9.17, 15) is 0 Å². The van der Waals surface area contributed by atoms with E-state index >= 15 is 0 Å². The molecular formula is C11H24N2S. The SMILES string of the molecule is CCNCCCC(C)N1CCSCC1. The third-order valence-corrected chi connectivity index (χ3v) is 3.84. The van der Waals surface area contributed by atoms with Crippen LogP contribution < -0.4 is 5.32 Å². The minimum Gasteiger partial charge on any atom is -0.317 e. The van der Waals surface area contributed by atoms with E-state index in [0.717, 1.165) is 12.6 Å². The van der Waals surface area contributed by atoms with Crippen molar-refractivity contribution in [3.8, 4) is 0 Å². The van der Waals surface area contributed by atoms with Gasteiger partial charge in [0.25, 0.3) is 0 Å². The van der Waals surface area contributed by atoms with Crippen molar-refractivity contribution in [2.75, 3.05) is 37.7 Å². The first-order valence-corrected chi connectivity index (χ1v) is 7.02. The van der Waals surface area contributed by atoms with Gasteiger partial charge in [-0.1, -0.05) is 6.92 Å². The van der Waals surface area contributed by atoms with E-state index in [1.165, 1.54) is 44.0 Å². The van der Waals surface area contributed by atoms with Gasteiger partial charge in [0.2, 0.25) is 0 Å². The Morgan fingerprint density at radius 2 is 2.07 bits per heavy atom. The van der Waals surface area contributed by atoms with E-state index in [0.29, 0.717) is 0 Å². The minimum absolute atomic E-state index is 0.787. The Morgan fingerprint density at radius 1 is 1.36 bits per heavy atom. The number of nitrogens with zero attached hydrogens (tertiary/aromatic N) is 1. The summed E-state index contributed by atoms with van der Waals surface area (Å²) in [6, 6.07) is 0.787. The molecule has 1 atom stereocenters. The maximum atomic E-state index is 3.38. The smallest absolute Gasteiger partial charge is 0.00755 e. The zero-order valence-electron chi connectivity index (χ0n) is 9.59. The molecule has 1 fully saturated rings. The minimum atomic E-state index is 0.787. The van der Waals surface area contributed by atoms with Crippen LogP contribution in [0.4, 0.5) is 0 Å². The average Bonchev–Trinajstić information content (AvgIpc) is 2.25. The standard InChI is InChI=1S/C11H24N2S/c1-3-12-6-4-5-11(2)13-7-9-14-10-8-13/h11-12H,3-10H2,1-2H3. The van der Waals surface area contributed by atoms with Gasteiger partial charge >= 0.3 is 0 Å². The van der Waals surface area contributed by atoms with Crippen LogP contribution in [0.15, 0.2) is 0 Å². The molecule has 0 aromatic heterocycles. The summed E-state index contributed by atoms with van der Waals surface area (Å²) in [7, 11) is 0. The van der Waals surface area contributed by atoms with E-state index < -0.39 is 0 Å². The maximum Gasteiger partial charge on any atom is 0.00755 e. The van der Waals surface area contributed by atoms with Crippen LogP contribution in [0, 0.1) is 0 Å². The molecule has 1 heterocycles. The molecule has 1 aliphatic rings. The molecule has 2 nitrogen and oxygen atoms in total. The van der Waals surface area contributed by atoms with Crippen molar-refractivity contribution in [1.29, 1.82) is 0 Å². The number of nitrogens with one attached hydrogen (secondary N) is 1. The van der Waals surface area contributed by atoms with Gasteiger partial charge in [-0.2, -0.15) is 11.8 Å². The Labute approximate surface area is 92.8 Å². The third-order valence-electron chi connectivity index (χ3n) is 2.89. The predicted molar refractivity (Wildman–Crippen MR) is 66.1 cm³/mol. The van der Waals surface area contributed by atoms with Crippen LogP contribution in [0.25, 0.3) is 0 Å². The molecule has 0 amide bonds. The van der Waals surface area contributed by atoms with Crippen molar-refractivity contribution < 1.29 is 0 Å². The van der Waals surface area contributed by atoms with Crippen LogP contribution in [0.3, 0.4) is 0 Å². The van der Waals surface area contributed by atoms with Gasteiger partial charge in [-0.15, -0.1) is 0 Å². The molecule has 1 saturated heterocycles. The normalized spacial score (nSPS) is 21.0. The third kappa shape index (κ3) is 4.67. The molecule has 1 N–H and O–H groups in total. The molecule has 3 heteroatoms. The van der Waals surface area contributed by atoms with Gasteiger partial charge in [-0.05, 0) is 32.9 Å². The zero-order valence-corrected chi connectivity index (χ0v) is 10.4. The lowest BCUT2D eigenvalue weighted by atomic mass is 10.1. The monoisotopic (exact) mass is 216 g/mol. The lowest BCUT2D eigenvalue weighted by Gasteiger charge is -2.32. The largest absolute Gasteiger partial charge is 0.317 e. The van der Waals surface area contributed by atoms with Crippen molar-refractivity contribution in [3.63, 3.8) is 0 Å². The molecule has 0 saturated carbocycles. The van der Waals surface area contributed by atoms with Gasteiger partial charge in [-0.25, -0.2) is 0 Å². The van der Waals surface area contributed by atoms with Crippen LogP contribution in [0.5, 0.6) is 0 Å². The lowest BCUT2D eigenvalue weighted by molar-refractivity contribution is 0.217. The summed E-state index contributed by atoms with van der Waals surface area (Å²) in [5.74, 6) is 2.66. The number of thioether (sulfide) groups is 1. The molecule has 0 aromatic rings. The Kier molecular flexibility index (Phi) is 6.65. The van der Waals surface area contributed by atoms with Crippen molar-refractivity contribution in [3.05, 3.63) is 0 Å². The van der Waals surface area contributed by atoms with Crippen molar-refractivity contribution in [2.45, 2.75) is 32.7 Å². The maximum absolute atomic E-state index is 3.38.